The largest absolute Gasteiger partial charge is 0.489 e. The average molecular weight is 422 g/mol. The fourth-order valence-corrected chi connectivity index (χ4v) is 3.87. The highest BCUT2D eigenvalue weighted by Crippen LogP contribution is 2.46. The molecule has 1 aliphatic heterocycles. The summed E-state index contributed by atoms with van der Waals surface area (Å²) in [4.78, 5) is 14.4. The number of hydrogen-bond acceptors (Lipinski definition) is 2. The first-order chi connectivity index (χ1) is 13.1. The normalized spacial score (nSPS) is 18.9. The number of para-hydroxylation sites is 1. The lowest BCUT2D eigenvalue weighted by Crippen LogP contribution is -2.54. The molecule has 1 heterocycles. The molecule has 0 spiro atoms. The molecular weight excluding hydrogens is 402 g/mol. The van der Waals surface area contributed by atoms with Crippen LogP contribution in [0.3, 0.4) is 0 Å². The second-order valence-electron chi connectivity index (χ2n) is 6.73. The minimum absolute atomic E-state index is 0.0289. The number of benzene rings is 3. The van der Waals surface area contributed by atoms with E-state index in [4.69, 9.17) is 4.74 Å². The van der Waals surface area contributed by atoms with Crippen molar-refractivity contribution in [2.75, 3.05) is 4.90 Å². The Labute approximate surface area is 167 Å². The minimum atomic E-state index is -0.0783. The van der Waals surface area contributed by atoms with Crippen molar-refractivity contribution >= 4 is 27.5 Å². The van der Waals surface area contributed by atoms with Gasteiger partial charge in [0.25, 0.3) is 0 Å². The molecule has 3 nitrogen and oxygen atoms in total. The molecule has 0 N–H and O–H groups in total. The molecule has 1 fully saturated rings. The Balaban J connectivity index is 1.65. The molecule has 136 valence electrons. The molecule has 0 aromatic heterocycles. The highest BCUT2D eigenvalue weighted by molar-refractivity contribution is 9.10. The van der Waals surface area contributed by atoms with E-state index in [1.54, 1.807) is 0 Å². The predicted octanol–water partition coefficient (Wildman–Crippen LogP) is 5.75. The summed E-state index contributed by atoms with van der Waals surface area (Å²) in [5.74, 6) is 0.868. The fourth-order valence-electron chi connectivity index (χ4n) is 3.53. The van der Waals surface area contributed by atoms with Gasteiger partial charge in [-0.1, -0.05) is 77.5 Å². The number of carbonyl (C=O) groups excluding carboxylic acids is 1. The molecule has 2 atom stereocenters. The van der Waals surface area contributed by atoms with Crippen molar-refractivity contribution in [3.8, 4) is 5.75 Å². The van der Waals surface area contributed by atoms with Crippen LogP contribution >= 0.6 is 15.9 Å². The first-order valence-electron chi connectivity index (χ1n) is 8.99. The molecule has 4 heteroatoms. The van der Waals surface area contributed by atoms with Crippen molar-refractivity contribution < 1.29 is 9.53 Å². The van der Waals surface area contributed by atoms with Crippen LogP contribution < -0.4 is 9.64 Å². The van der Waals surface area contributed by atoms with Gasteiger partial charge in [0, 0.05) is 15.7 Å². The van der Waals surface area contributed by atoms with Crippen LogP contribution in [0.25, 0.3) is 0 Å². The lowest BCUT2D eigenvalue weighted by Gasteiger charge is -2.46. The first kappa shape index (κ1) is 17.8. The van der Waals surface area contributed by atoms with E-state index in [2.05, 4.69) is 15.9 Å². The molecule has 1 amide bonds. The second kappa shape index (κ2) is 7.57. The molecule has 2 unspecified atom stereocenters. The van der Waals surface area contributed by atoms with E-state index in [9.17, 15) is 4.79 Å². The van der Waals surface area contributed by atoms with Crippen LogP contribution in [0.2, 0.25) is 0 Å². The smallest absolute Gasteiger partial charge is 0.232 e. The molecule has 0 saturated carbocycles. The number of amides is 1. The van der Waals surface area contributed by atoms with E-state index in [-0.39, 0.29) is 17.9 Å². The van der Waals surface area contributed by atoms with E-state index in [1.165, 1.54) is 0 Å². The standard InChI is InChI=1S/C23H20BrNO2/c1-16-22(25(23(16)26)19-10-6-3-7-11-19)20-13-12-18(24)14-21(20)27-15-17-8-4-2-5-9-17/h2-14,16,22H,15H2,1H3. The van der Waals surface area contributed by atoms with Crippen molar-refractivity contribution in [2.45, 2.75) is 19.6 Å². The van der Waals surface area contributed by atoms with Crippen LogP contribution in [0.4, 0.5) is 5.69 Å². The number of β-lactam (4-membered cyclic amide) rings is 1. The summed E-state index contributed by atoms with van der Waals surface area (Å²) in [5.41, 5.74) is 3.06. The van der Waals surface area contributed by atoms with Gasteiger partial charge in [0.05, 0.1) is 12.0 Å². The Morgan fingerprint density at radius 2 is 1.63 bits per heavy atom. The van der Waals surface area contributed by atoms with Crippen LogP contribution in [0.1, 0.15) is 24.1 Å². The van der Waals surface area contributed by atoms with E-state index in [1.807, 2.05) is 90.7 Å². The lowest BCUT2D eigenvalue weighted by atomic mass is 9.82. The topological polar surface area (TPSA) is 29.5 Å². The summed E-state index contributed by atoms with van der Waals surface area (Å²) in [6.07, 6.45) is 0. The van der Waals surface area contributed by atoms with Crippen molar-refractivity contribution in [2.24, 2.45) is 5.92 Å². The Kier molecular flexibility index (Phi) is 4.99. The van der Waals surface area contributed by atoms with Crippen molar-refractivity contribution in [1.29, 1.82) is 0 Å². The second-order valence-corrected chi connectivity index (χ2v) is 7.65. The third-order valence-electron chi connectivity index (χ3n) is 4.94. The van der Waals surface area contributed by atoms with Gasteiger partial charge in [0.15, 0.2) is 0 Å². The quantitative estimate of drug-likeness (QED) is 0.490. The highest BCUT2D eigenvalue weighted by atomic mass is 79.9. The number of carbonyl (C=O) groups is 1. The zero-order valence-corrected chi connectivity index (χ0v) is 16.6. The third kappa shape index (κ3) is 3.50. The van der Waals surface area contributed by atoms with Crippen LogP contribution in [0.15, 0.2) is 83.3 Å². The molecule has 1 aliphatic rings. The first-order valence-corrected chi connectivity index (χ1v) is 9.79. The third-order valence-corrected chi connectivity index (χ3v) is 5.44. The van der Waals surface area contributed by atoms with Gasteiger partial charge in [-0.15, -0.1) is 0 Å². The summed E-state index contributed by atoms with van der Waals surface area (Å²) in [5, 5.41) is 0. The van der Waals surface area contributed by atoms with Gasteiger partial charge in [-0.25, -0.2) is 0 Å². The molecule has 3 aromatic rings. The van der Waals surface area contributed by atoms with Crippen molar-refractivity contribution in [1.82, 2.24) is 0 Å². The molecule has 0 radical (unpaired) electrons. The van der Waals surface area contributed by atoms with E-state index in [0.717, 1.165) is 27.0 Å². The van der Waals surface area contributed by atoms with Gasteiger partial charge in [-0.05, 0) is 29.8 Å². The summed E-state index contributed by atoms with van der Waals surface area (Å²) in [7, 11) is 0. The number of nitrogens with zero attached hydrogens (tertiary/aromatic N) is 1. The van der Waals surface area contributed by atoms with Gasteiger partial charge < -0.3 is 9.64 Å². The number of halogens is 1. The zero-order chi connectivity index (χ0) is 18.8. The summed E-state index contributed by atoms with van der Waals surface area (Å²) >= 11 is 3.54. The van der Waals surface area contributed by atoms with Gasteiger partial charge in [0.1, 0.15) is 12.4 Å². The summed E-state index contributed by atoms with van der Waals surface area (Å²) < 4.78 is 7.12. The Bertz CT molecular complexity index is 943. The Morgan fingerprint density at radius 3 is 2.33 bits per heavy atom. The summed E-state index contributed by atoms with van der Waals surface area (Å²) in [6, 6.07) is 25.9. The number of anilines is 1. The number of rotatable bonds is 5. The maximum atomic E-state index is 12.6. The number of ether oxygens (including phenoxy) is 1. The molecule has 0 aliphatic carbocycles. The monoisotopic (exact) mass is 421 g/mol. The van der Waals surface area contributed by atoms with Crippen molar-refractivity contribution in [3.05, 3.63) is 94.5 Å². The molecular formula is C23H20BrNO2. The predicted molar refractivity (Wildman–Crippen MR) is 111 cm³/mol. The zero-order valence-electron chi connectivity index (χ0n) is 15.0. The van der Waals surface area contributed by atoms with E-state index < -0.39 is 0 Å². The molecule has 3 aromatic carbocycles. The van der Waals surface area contributed by atoms with Gasteiger partial charge in [-0.2, -0.15) is 0 Å². The van der Waals surface area contributed by atoms with Crippen LogP contribution in [0.5, 0.6) is 5.75 Å². The van der Waals surface area contributed by atoms with Gasteiger partial charge >= 0.3 is 0 Å². The highest BCUT2D eigenvalue weighted by Gasteiger charge is 2.47. The maximum absolute atomic E-state index is 12.6. The SMILES string of the molecule is CC1C(=O)N(c2ccccc2)C1c1ccc(Br)cc1OCc1ccccc1. The van der Waals surface area contributed by atoms with E-state index >= 15 is 0 Å². The molecule has 4 rings (SSSR count). The lowest BCUT2D eigenvalue weighted by molar-refractivity contribution is -0.129. The Morgan fingerprint density at radius 1 is 0.963 bits per heavy atom. The van der Waals surface area contributed by atoms with Gasteiger partial charge in [-0.3, -0.25) is 4.79 Å². The molecule has 27 heavy (non-hydrogen) atoms. The maximum Gasteiger partial charge on any atom is 0.232 e. The minimum Gasteiger partial charge on any atom is -0.489 e. The van der Waals surface area contributed by atoms with Crippen LogP contribution in [-0.2, 0) is 11.4 Å². The Hall–Kier alpha value is -2.59. The molecule has 0 bridgehead atoms. The summed E-state index contributed by atoms with van der Waals surface area (Å²) in [6.45, 7) is 2.47. The van der Waals surface area contributed by atoms with E-state index in [0.29, 0.717) is 6.61 Å². The van der Waals surface area contributed by atoms with Gasteiger partial charge in [0.2, 0.25) is 5.91 Å². The average Bonchev–Trinajstić information content (AvgIpc) is 2.71. The van der Waals surface area contributed by atoms with Crippen molar-refractivity contribution in [3.63, 3.8) is 0 Å². The van der Waals surface area contributed by atoms with Crippen LogP contribution in [-0.4, -0.2) is 5.91 Å². The molecule has 1 saturated heterocycles. The van der Waals surface area contributed by atoms with Crippen LogP contribution in [0, 0.1) is 5.92 Å². The number of hydrogen-bond donors (Lipinski definition) is 0. The fraction of sp³-hybridized carbons (Fsp3) is 0.174.